The van der Waals surface area contributed by atoms with Crippen molar-refractivity contribution < 1.29 is 26.4 Å². The summed E-state index contributed by atoms with van der Waals surface area (Å²) in [7, 11) is -7.74. The van der Waals surface area contributed by atoms with Gasteiger partial charge in [-0.05, 0) is 154 Å². The normalized spacial score (nSPS) is 20.0. The molecule has 12 nitrogen and oxygen atoms in total. The Kier molecular flexibility index (Phi) is 12.4. The molecule has 0 bridgehead atoms. The first-order chi connectivity index (χ1) is 25.5. The number of hydrogen-bond donors (Lipinski definition) is 6. The summed E-state index contributed by atoms with van der Waals surface area (Å²) in [6, 6.07) is 3.59. The van der Waals surface area contributed by atoms with E-state index in [1.54, 1.807) is 6.92 Å². The molecule has 0 fully saturated rings. The minimum atomic E-state index is -3.90. The number of hydrogen-bond acceptors (Lipinski definition) is 8. The van der Waals surface area contributed by atoms with Gasteiger partial charge in [0.25, 0.3) is 0 Å². The number of carbonyl (C=O) groups excluding carboxylic acids is 2. The van der Waals surface area contributed by atoms with Gasteiger partial charge in [-0.15, -0.1) is 0 Å². The van der Waals surface area contributed by atoms with Crippen LogP contribution in [0.5, 0.6) is 0 Å². The van der Waals surface area contributed by atoms with Crippen LogP contribution in [-0.4, -0.2) is 64.6 Å². The molecule has 4 unspecified atom stereocenters. The number of amides is 4. The summed E-state index contributed by atoms with van der Waals surface area (Å²) in [5.41, 5.74) is 10.7. The molecule has 0 saturated carbocycles. The molecule has 0 aromatic heterocycles. The van der Waals surface area contributed by atoms with Gasteiger partial charge in [-0.1, -0.05) is 39.8 Å². The second-order valence-electron chi connectivity index (χ2n) is 16.7. The maximum atomic E-state index is 13.5. The lowest BCUT2D eigenvalue weighted by molar-refractivity contribution is 0.255. The number of carbonyl (C=O) groups is 2. The van der Waals surface area contributed by atoms with Gasteiger partial charge in [0.05, 0.1) is 11.0 Å². The summed E-state index contributed by atoms with van der Waals surface area (Å²) in [6.45, 7) is 12.1. The Labute approximate surface area is 322 Å². The van der Waals surface area contributed by atoms with Crippen LogP contribution in [0.15, 0.2) is 12.1 Å². The third-order valence-electron chi connectivity index (χ3n) is 11.8. The van der Waals surface area contributed by atoms with E-state index in [4.69, 9.17) is 0 Å². The Bertz CT molecular complexity index is 1980. The number of benzene rings is 2. The molecule has 0 radical (unpaired) electrons. The zero-order valence-electron chi connectivity index (χ0n) is 32.8. The van der Waals surface area contributed by atoms with Crippen LogP contribution in [0.1, 0.15) is 124 Å². The molecule has 4 amide bonds. The number of nitrogens with one attached hydrogen (secondary N) is 6. The first-order valence-corrected chi connectivity index (χ1v) is 23.2. The van der Waals surface area contributed by atoms with E-state index >= 15 is 0 Å². The quantitative estimate of drug-likeness (QED) is 0.136. The first kappa shape index (κ1) is 40.5. The number of aryl methyl sites for hydroxylation is 3. The van der Waals surface area contributed by atoms with E-state index in [0.717, 1.165) is 91.4 Å². The van der Waals surface area contributed by atoms with Crippen LogP contribution in [0, 0.1) is 5.92 Å². The van der Waals surface area contributed by atoms with Crippen LogP contribution in [0.3, 0.4) is 0 Å². The standard InChI is InChI=1S/C40H60N6O6S2/c1-23(2)41-17-15-26(6)54(51,52)46-40(48)44-38-34-12-8-9-27(34)19-29-13-14-32(36(29)38)31-21-30-20-28-10-7-11-33(28)37(35(30)22-31)43-39(47)45-53(49,50)18-16-25(5)42-24(3)4/h19-20,23-26,31-32,41-42H,7-18,21-22H2,1-6H3,(H2,43,45,47)(H2,44,46,48). The smallest absolute Gasteiger partial charge is 0.314 e. The molecular formula is C40H60N6O6S2. The molecule has 0 saturated heterocycles. The van der Waals surface area contributed by atoms with Gasteiger partial charge in [-0.3, -0.25) is 0 Å². The second kappa shape index (κ2) is 16.5. The number of anilines is 2. The summed E-state index contributed by atoms with van der Waals surface area (Å²) in [5, 5.41) is 11.9. The maximum Gasteiger partial charge on any atom is 0.332 e. The molecule has 14 heteroatoms. The summed E-state index contributed by atoms with van der Waals surface area (Å²) < 4.78 is 56.8. The van der Waals surface area contributed by atoms with Crippen LogP contribution in [-0.2, 0) is 65.0 Å². The Balaban J connectivity index is 1.20. The van der Waals surface area contributed by atoms with Crippen molar-refractivity contribution in [1.29, 1.82) is 0 Å². The van der Waals surface area contributed by atoms with Gasteiger partial charge < -0.3 is 21.3 Å². The molecule has 4 aliphatic carbocycles. The molecule has 2 aromatic rings. The van der Waals surface area contributed by atoms with E-state index in [-0.39, 0.29) is 35.7 Å². The predicted molar refractivity (Wildman–Crippen MR) is 215 cm³/mol. The minimum absolute atomic E-state index is 0.00646. The van der Waals surface area contributed by atoms with Crippen molar-refractivity contribution in [3.05, 3.63) is 56.6 Å². The van der Waals surface area contributed by atoms with Crippen molar-refractivity contribution in [3.63, 3.8) is 0 Å². The molecule has 6 N–H and O–H groups in total. The zero-order chi connectivity index (χ0) is 38.9. The highest BCUT2D eigenvalue weighted by Gasteiger charge is 2.40. The Hall–Kier alpha value is -3.20. The van der Waals surface area contributed by atoms with Crippen LogP contribution in [0.25, 0.3) is 0 Å². The predicted octanol–water partition coefficient (Wildman–Crippen LogP) is 5.56. The van der Waals surface area contributed by atoms with Crippen molar-refractivity contribution in [2.75, 3.05) is 22.9 Å². The van der Waals surface area contributed by atoms with Crippen molar-refractivity contribution in [2.45, 2.75) is 148 Å². The lowest BCUT2D eigenvalue weighted by atomic mass is 9.83. The molecule has 54 heavy (non-hydrogen) atoms. The molecule has 4 atom stereocenters. The summed E-state index contributed by atoms with van der Waals surface area (Å²) in [5.74, 6) is 0.171. The third-order valence-corrected chi connectivity index (χ3v) is 14.8. The number of urea groups is 2. The Morgan fingerprint density at radius 1 is 0.704 bits per heavy atom. The Morgan fingerprint density at radius 3 is 2.00 bits per heavy atom. The van der Waals surface area contributed by atoms with Crippen LogP contribution >= 0.6 is 0 Å². The maximum absolute atomic E-state index is 13.5. The molecule has 6 rings (SSSR count). The van der Waals surface area contributed by atoms with Crippen molar-refractivity contribution >= 4 is 43.5 Å². The van der Waals surface area contributed by atoms with Crippen LogP contribution < -0.4 is 30.7 Å². The number of sulfonamides is 2. The van der Waals surface area contributed by atoms with Crippen molar-refractivity contribution in [3.8, 4) is 0 Å². The van der Waals surface area contributed by atoms with Crippen LogP contribution in [0.4, 0.5) is 21.0 Å². The first-order valence-electron chi connectivity index (χ1n) is 20.0. The summed E-state index contributed by atoms with van der Waals surface area (Å²) in [4.78, 5) is 26.8. The summed E-state index contributed by atoms with van der Waals surface area (Å²) in [6.07, 6.45) is 9.55. The molecule has 0 heterocycles. The second-order valence-corrected chi connectivity index (χ2v) is 20.6. The van der Waals surface area contributed by atoms with Gasteiger partial charge in [0.1, 0.15) is 0 Å². The van der Waals surface area contributed by atoms with E-state index in [9.17, 15) is 26.4 Å². The fraction of sp³-hybridized carbons (Fsp3) is 0.650. The van der Waals surface area contributed by atoms with Gasteiger partial charge in [-0.2, -0.15) is 0 Å². The van der Waals surface area contributed by atoms with E-state index in [2.05, 4.69) is 42.8 Å². The highest BCUT2D eigenvalue weighted by atomic mass is 32.2. The largest absolute Gasteiger partial charge is 0.332 e. The molecule has 298 valence electrons. The summed E-state index contributed by atoms with van der Waals surface area (Å²) >= 11 is 0. The van der Waals surface area contributed by atoms with Gasteiger partial charge in [0.2, 0.25) is 20.0 Å². The van der Waals surface area contributed by atoms with Gasteiger partial charge in [-0.25, -0.2) is 35.9 Å². The van der Waals surface area contributed by atoms with Gasteiger partial charge >= 0.3 is 12.1 Å². The van der Waals surface area contributed by atoms with E-state index in [1.807, 2.05) is 34.6 Å². The average molecular weight is 785 g/mol. The van der Waals surface area contributed by atoms with Crippen molar-refractivity contribution in [2.24, 2.45) is 5.92 Å². The zero-order valence-corrected chi connectivity index (χ0v) is 34.4. The van der Waals surface area contributed by atoms with Crippen LogP contribution in [0.2, 0.25) is 0 Å². The SMILES string of the molecule is CC(C)NCCC(C)S(=O)(=O)NC(=O)Nc1c2c(cc3c1C(C1Cc4cc5c(c(NC(=O)NS(=O)(=O)CCC(C)NC(C)C)c4C1)CCC5)CC3)CCC2. The fourth-order valence-electron chi connectivity index (χ4n) is 9.26. The van der Waals surface area contributed by atoms with E-state index in [1.165, 1.54) is 22.3 Å². The van der Waals surface area contributed by atoms with Gasteiger partial charge in [0.15, 0.2) is 0 Å². The highest BCUT2D eigenvalue weighted by Crippen LogP contribution is 2.51. The molecule has 2 aromatic carbocycles. The van der Waals surface area contributed by atoms with Crippen molar-refractivity contribution in [1.82, 2.24) is 20.1 Å². The molecular weight excluding hydrogens is 725 g/mol. The lowest BCUT2D eigenvalue weighted by Gasteiger charge is -2.25. The number of rotatable bonds is 15. The molecule has 0 aliphatic heterocycles. The molecule has 0 spiro atoms. The monoisotopic (exact) mass is 784 g/mol. The highest BCUT2D eigenvalue weighted by molar-refractivity contribution is 7.90. The van der Waals surface area contributed by atoms with Gasteiger partial charge in [0, 0.05) is 29.5 Å². The topological polar surface area (TPSA) is 175 Å². The third kappa shape index (κ3) is 9.25. The fourth-order valence-corrected chi connectivity index (χ4v) is 11.3. The number of fused-ring (bicyclic) bond motifs is 4. The molecule has 4 aliphatic rings. The average Bonchev–Trinajstić information content (AvgIpc) is 3.88. The van der Waals surface area contributed by atoms with E-state index in [0.29, 0.717) is 25.8 Å². The minimum Gasteiger partial charge on any atom is -0.314 e. The Morgan fingerprint density at radius 2 is 1.33 bits per heavy atom. The lowest BCUT2D eigenvalue weighted by Crippen LogP contribution is -2.41. The van der Waals surface area contributed by atoms with E-state index < -0.39 is 37.4 Å².